The van der Waals surface area contributed by atoms with E-state index in [1.807, 2.05) is 31.2 Å². The van der Waals surface area contributed by atoms with Crippen LogP contribution in [0.1, 0.15) is 18.1 Å². The van der Waals surface area contributed by atoms with Gasteiger partial charge in [-0.25, -0.2) is 5.43 Å². The molecule has 2 aromatic carbocycles. The number of benzene rings is 2. The number of hydrazone groups is 1. The van der Waals surface area contributed by atoms with Crippen molar-refractivity contribution in [2.45, 2.75) is 13.3 Å². The third-order valence-corrected chi connectivity index (χ3v) is 3.42. The fourth-order valence-electron chi connectivity index (χ4n) is 2.05. The van der Waals surface area contributed by atoms with Gasteiger partial charge in [0.25, 0.3) is 0 Å². The van der Waals surface area contributed by atoms with E-state index in [2.05, 4.69) is 10.5 Å². The van der Waals surface area contributed by atoms with Crippen LogP contribution in [0.5, 0.6) is 11.5 Å². The molecule has 24 heavy (non-hydrogen) atoms. The van der Waals surface area contributed by atoms with Crippen molar-refractivity contribution in [2.75, 3.05) is 13.7 Å². The van der Waals surface area contributed by atoms with Crippen molar-refractivity contribution in [1.29, 1.82) is 0 Å². The van der Waals surface area contributed by atoms with Crippen molar-refractivity contribution < 1.29 is 14.3 Å². The number of nitrogens with zero attached hydrogens (tertiary/aromatic N) is 1. The summed E-state index contributed by atoms with van der Waals surface area (Å²) in [5.74, 6) is 1.20. The summed E-state index contributed by atoms with van der Waals surface area (Å²) in [5.41, 5.74) is 4.08. The van der Waals surface area contributed by atoms with E-state index in [0.717, 1.165) is 11.3 Å². The number of ether oxygens (including phenoxy) is 2. The highest BCUT2D eigenvalue weighted by molar-refractivity contribution is 6.30. The summed E-state index contributed by atoms with van der Waals surface area (Å²) in [7, 11) is 1.60. The zero-order valence-electron chi connectivity index (χ0n) is 13.6. The number of nitrogens with one attached hydrogen (secondary N) is 1. The third kappa shape index (κ3) is 5.28. The van der Waals surface area contributed by atoms with Crippen molar-refractivity contribution in [3.63, 3.8) is 0 Å². The molecule has 2 aromatic rings. The molecule has 5 nitrogen and oxygen atoms in total. The summed E-state index contributed by atoms with van der Waals surface area (Å²) in [5, 5.41) is 4.54. The van der Waals surface area contributed by atoms with Gasteiger partial charge in [-0.2, -0.15) is 5.10 Å². The fourth-order valence-corrected chi connectivity index (χ4v) is 2.23. The molecular weight excluding hydrogens is 328 g/mol. The Morgan fingerprint density at radius 2 is 2.00 bits per heavy atom. The van der Waals surface area contributed by atoms with Gasteiger partial charge in [-0.05, 0) is 42.8 Å². The maximum Gasteiger partial charge on any atom is 0.244 e. The molecule has 0 spiro atoms. The topological polar surface area (TPSA) is 59.9 Å². The van der Waals surface area contributed by atoms with Gasteiger partial charge in [0.1, 0.15) is 11.5 Å². The number of carbonyl (C=O) groups excluding carboxylic acids is 1. The summed E-state index contributed by atoms with van der Waals surface area (Å²) in [6.07, 6.45) is 1.75. The molecule has 0 aromatic heterocycles. The molecule has 0 saturated carbocycles. The van der Waals surface area contributed by atoms with Crippen LogP contribution in [0.3, 0.4) is 0 Å². The molecule has 0 fully saturated rings. The first kappa shape index (κ1) is 17.8. The van der Waals surface area contributed by atoms with Gasteiger partial charge in [0, 0.05) is 10.6 Å². The summed E-state index contributed by atoms with van der Waals surface area (Å²) < 4.78 is 10.6. The molecular formula is C18H19ClN2O3. The second-order valence-electron chi connectivity index (χ2n) is 4.93. The number of hydrogen-bond donors (Lipinski definition) is 1. The lowest BCUT2D eigenvalue weighted by Crippen LogP contribution is -2.19. The van der Waals surface area contributed by atoms with E-state index in [1.165, 1.54) is 6.21 Å². The Kier molecular flexibility index (Phi) is 6.63. The van der Waals surface area contributed by atoms with E-state index < -0.39 is 0 Å². The van der Waals surface area contributed by atoms with E-state index >= 15 is 0 Å². The zero-order valence-corrected chi connectivity index (χ0v) is 14.3. The van der Waals surface area contributed by atoms with Gasteiger partial charge < -0.3 is 9.47 Å². The molecule has 0 saturated heterocycles. The van der Waals surface area contributed by atoms with Crippen LogP contribution in [0.2, 0.25) is 5.02 Å². The van der Waals surface area contributed by atoms with E-state index in [9.17, 15) is 4.79 Å². The van der Waals surface area contributed by atoms with Crippen LogP contribution in [0, 0.1) is 0 Å². The van der Waals surface area contributed by atoms with E-state index in [-0.39, 0.29) is 12.3 Å². The first-order chi connectivity index (χ1) is 11.6. The van der Waals surface area contributed by atoms with Crippen LogP contribution in [-0.4, -0.2) is 25.8 Å². The van der Waals surface area contributed by atoms with Crippen LogP contribution in [0.25, 0.3) is 0 Å². The number of amides is 1. The third-order valence-electron chi connectivity index (χ3n) is 3.19. The van der Waals surface area contributed by atoms with Crippen LogP contribution in [0.4, 0.5) is 0 Å². The second kappa shape index (κ2) is 8.93. The standard InChI is InChI=1S/C18H19ClN2O3/c1-3-24-17-9-6-15(19)11-14(17)12-20-21-18(22)10-13-4-7-16(23-2)8-5-13/h4-9,11-12H,3,10H2,1-2H3,(H,21,22)/b20-12+. The monoisotopic (exact) mass is 346 g/mol. The summed E-state index contributed by atoms with van der Waals surface area (Å²) in [6.45, 7) is 2.43. The van der Waals surface area contributed by atoms with Crippen LogP contribution in [-0.2, 0) is 11.2 Å². The lowest BCUT2D eigenvalue weighted by molar-refractivity contribution is -0.120. The molecule has 1 N–H and O–H groups in total. The van der Waals surface area contributed by atoms with Gasteiger partial charge >= 0.3 is 0 Å². The number of methoxy groups -OCH3 is 1. The minimum atomic E-state index is -0.212. The Balaban J connectivity index is 1.95. The van der Waals surface area contributed by atoms with Crippen LogP contribution < -0.4 is 14.9 Å². The molecule has 0 atom stereocenters. The Bertz CT molecular complexity index is 715. The van der Waals surface area contributed by atoms with Crippen LogP contribution in [0.15, 0.2) is 47.6 Å². The van der Waals surface area contributed by atoms with Gasteiger partial charge in [-0.1, -0.05) is 23.7 Å². The lowest BCUT2D eigenvalue weighted by atomic mass is 10.1. The summed E-state index contributed by atoms with van der Waals surface area (Å²) in [6, 6.07) is 12.5. The molecule has 126 valence electrons. The van der Waals surface area contributed by atoms with E-state index in [4.69, 9.17) is 21.1 Å². The normalized spacial score (nSPS) is 10.6. The molecule has 0 heterocycles. The number of rotatable bonds is 7. The predicted molar refractivity (Wildman–Crippen MR) is 95.1 cm³/mol. The number of carbonyl (C=O) groups is 1. The second-order valence-corrected chi connectivity index (χ2v) is 5.37. The maximum absolute atomic E-state index is 11.9. The Morgan fingerprint density at radius 3 is 2.67 bits per heavy atom. The average Bonchev–Trinajstić information content (AvgIpc) is 2.58. The van der Waals surface area contributed by atoms with Crippen LogP contribution >= 0.6 is 11.6 Å². The number of halogens is 1. The molecule has 0 aliphatic heterocycles. The van der Waals surface area contributed by atoms with Crippen molar-refractivity contribution >= 4 is 23.7 Å². The highest BCUT2D eigenvalue weighted by Gasteiger charge is 2.04. The van der Waals surface area contributed by atoms with Gasteiger partial charge in [0.05, 0.1) is 26.4 Å². The summed E-state index contributed by atoms with van der Waals surface area (Å²) >= 11 is 5.98. The largest absolute Gasteiger partial charge is 0.497 e. The molecule has 0 aliphatic carbocycles. The Morgan fingerprint density at radius 1 is 1.25 bits per heavy atom. The first-order valence-corrected chi connectivity index (χ1v) is 7.87. The van der Waals surface area contributed by atoms with E-state index in [0.29, 0.717) is 22.9 Å². The van der Waals surface area contributed by atoms with Crippen molar-refractivity contribution in [3.8, 4) is 11.5 Å². The van der Waals surface area contributed by atoms with Gasteiger partial charge in [0.2, 0.25) is 5.91 Å². The van der Waals surface area contributed by atoms with Crippen molar-refractivity contribution in [3.05, 3.63) is 58.6 Å². The Hall–Kier alpha value is -2.53. The zero-order chi connectivity index (χ0) is 17.4. The minimum absolute atomic E-state index is 0.212. The van der Waals surface area contributed by atoms with Gasteiger partial charge in [-0.15, -0.1) is 0 Å². The molecule has 1 amide bonds. The smallest absolute Gasteiger partial charge is 0.244 e. The molecule has 0 unspecified atom stereocenters. The quantitative estimate of drug-likeness (QED) is 0.617. The molecule has 6 heteroatoms. The molecule has 0 bridgehead atoms. The van der Waals surface area contributed by atoms with Gasteiger partial charge in [-0.3, -0.25) is 4.79 Å². The average molecular weight is 347 g/mol. The predicted octanol–water partition coefficient (Wildman–Crippen LogP) is 3.44. The highest BCUT2D eigenvalue weighted by Crippen LogP contribution is 2.21. The van der Waals surface area contributed by atoms with Gasteiger partial charge in [0.15, 0.2) is 0 Å². The highest BCUT2D eigenvalue weighted by atomic mass is 35.5. The van der Waals surface area contributed by atoms with Crippen molar-refractivity contribution in [2.24, 2.45) is 5.10 Å². The maximum atomic E-state index is 11.9. The Labute approximate surface area is 146 Å². The molecule has 0 radical (unpaired) electrons. The minimum Gasteiger partial charge on any atom is -0.497 e. The fraction of sp³-hybridized carbons (Fsp3) is 0.222. The summed E-state index contributed by atoms with van der Waals surface area (Å²) in [4.78, 5) is 11.9. The molecule has 2 rings (SSSR count). The SMILES string of the molecule is CCOc1ccc(Cl)cc1/C=N/NC(=O)Cc1ccc(OC)cc1. The number of hydrogen-bond acceptors (Lipinski definition) is 4. The van der Waals surface area contributed by atoms with Crippen molar-refractivity contribution in [1.82, 2.24) is 5.43 Å². The lowest BCUT2D eigenvalue weighted by Gasteiger charge is -2.07. The first-order valence-electron chi connectivity index (χ1n) is 7.49. The molecule has 0 aliphatic rings. The van der Waals surface area contributed by atoms with E-state index in [1.54, 1.807) is 25.3 Å².